The summed E-state index contributed by atoms with van der Waals surface area (Å²) < 4.78 is 7.01. The van der Waals surface area contributed by atoms with Crippen LogP contribution in [-0.2, 0) is 7.05 Å². The number of aryl methyl sites for hydroxylation is 1. The average molecular weight is 371 g/mol. The van der Waals surface area contributed by atoms with Gasteiger partial charge in [0.15, 0.2) is 5.96 Å². The van der Waals surface area contributed by atoms with E-state index in [0.717, 1.165) is 43.3 Å². The van der Waals surface area contributed by atoms with Crippen LogP contribution < -0.4 is 10.1 Å². The van der Waals surface area contributed by atoms with Gasteiger partial charge in [-0.15, -0.1) is 0 Å². The Bertz CT molecular complexity index is 756. The number of aromatic nitrogens is 2. The number of hydrogen-bond donors (Lipinski definition) is 2. The molecule has 2 atom stereocenters. The molecule has 0 saturated carbocycles. The number of rotatable bonds is 6. The van der Waals surface area contributed by atoms with Crippen molar-refractivity contribution in [2.24, 2.45) is 12.0 Å². The number of benzene rings is 1. The molecule has 3 rings (SSSR count). The van der Waals surface area contributed by atoms with E-state index in [1.165, 1.54) is 5.56 Å². The maximum atomic E-state index is 10.5. The van der Waals surface area contributed by atoms with E-state index in [0.29, 0.717) is 12.5 Å². The summed E-state index contributed by atoms with van der Waals surface area (Å²) in [5.74, 6) is 2.10. The van der Waals surface area contributed by atoms with Crippen molar-refractivity contribution in [1.29, 1.82) is 0 Å². The Morgan fingerprint density at radius 1 is 1.41 bits per heavy atom. The van der Waals surface area contributed by atoms with E-state index in [2.05, 4.69) is 33.4 Å². The van der Waals surface area contributed by atoms with Gasteiger partial charge in [0.1, 0.15) is 5.75 Å². The Kier molecular flexibility index (Phi) is 6.34. The van der Waals surface area contributed by atoms with Gasteiger partial charge < -0.3 is 20.1 Å². The first-order valence-electron chi connectivity index (χ1n) is 9.44. The molecule has 1 aromatic heterocycles. The summed E-state index contributed by atoms with van der Waals surface area (Å²) in [6.45, 7) is 5.04. The minimum atomic E-state index is -0.638. The van der Waals surface area contributed by atoms with Gasteiger partial charge in [0, 0.05) is 38.8 Å². The van der Waals surface area contributed by atoms with E-state index in [1.54, 1.807) is 7.11 Å². The first-order valence-corrected chi connectivity index (χ1v) is 9.44. The van der Waals surface area contributed by atoms with Gasteiger partial charge in [-0.3, -0.25) is 9.67 Å². The molecule has 7 heteroatoms. The number of aliphatic hydroxyl groups is 1. The van der Waals surface area contributed by atoms with Crippen LogP contribution in [0.5, 0.6) is 5.75 Å². The van der Waals surface area contributed by atoms with E-state index < -0.39 is 6.10 Å². The molecular weight excluding hydrogens is 342 g/mol. The second kappa shape index (κ2) is 8.90. The monoisotopic (exact) mass is 371 g/mol. The number of ether oxygens (including phenoxy) is 1. The molecule has 1 aliphatic heterocycles. The van der Waals surface area contributed by atoms with Crippen LogP contribution in [0.1, 0.15) is 36.5 Å². The molecule has 1 aliphatic rings. The average Bonchev–Trinajstić information content (AvgIpc) is 3.34. The quantitative estimate of drug-likeness (QED) is 0.599. The van der Waals surface area contributed by atoms with Crippen molar-refractivity contribution in [1.82, 2.24) is 20.0 Å². The van der Waals surface area contributed by atoms with Crippen LogP contribution in [0.2, 0.25) is 0 Å². The first-order chi connectivity index (χ1) is 13.1. The maximum Gasteiger partial charge on any atom is 0.194 e. The third kappa shape index (κ3) is 4.80. The molecule has 0 bridgehead atoms. The van der Waals surface area contributed by atoms with Crippen LogP contribution in [0.4, 0.5) is 0 Å². The Balaban J connectivity index is 1.63. The largest absolute Gasteiger partial charge is 0.497 e. The molecule has 0 amide bonds. The van der Waals surface area contributed by atoms with Gasteiger partial charge in [0.25, 0.3) is 0 Å². The standard InChI is InChI=1S/C20H29N5O2/c1-4-21-20(22-12-19(26)15-5-7-18(27-3)8-6-15)25-10-9-16(14-25)17-11-23-24(2)13-17/h5-8,11,13,16,19,26H,4,9-10,12,14H2,1-3H3,(H,21,22). The van der Waals surface area contributed by atoms with E-state index in [-0.39, 0.29) is 0 Å². The number of methoxy groups -OCH3 is 1. The van der Waals surface area contributed by atoms with E-state index in [9.17, 15) is 5.11 Å². The highest BCUT2D eigenvalue weighted by Crippen LogP contribution is 2.27. The smallest absolute Gasteiger partial charge is 0.194 e. The Morgan fingerprint density at radius 2 is 2.19 bits per heavy atom. The molecule has 0 spiro atoms. The Morgan fingerprint density at radius 3 is 2.81 bits per heavy atom. The summed E-state index contributed by atoms with van der Waals surface area (Å²) in [6.07, 6.45) is 4.48. The third-order valence-corrected chi connectivity index (χ3v) is 4.93. The van der Waals surface area contributed by atoms with Crippen molar-refractivity contribution in [3.05, 3.63) is 47.8 Å². The van der Waals surface area contributed by atoms with Crippen molar-refractivity contribution < 1.29 is 9.84 Å². The zero-order valence-corrected chi connectivity index (χ0v) is 16.3. The molecular formula is C20H29N5O2. The summed E-state index contributed by atoms with van der Waals surface area (Å²) in [6, 6.07) is 7.46. The van der Waals surface area contributed by atoms with Crippen LogP contribution >= 0.6 is 0 Å². The second-order valence-electron chi connectivity index (χ2n) is 6.86. The molecule has 2 N–H and O–H groups in total. The lowest BCUT2D eigenvalue weighted by Crippen LogP contribution is -2.40. The molecule has 2 aromatic rings. The number of hydrogen-bond acceptors (Lipinski definition) is 4. The number of guanidine groups is 1. The molecule has 0 aliphatic carbocycles. The van der Waals surface area contributed by atoms with Crippen LogP contribution in [-0.4, -0.2) is 59.0 Å². The van der Waals surface area contributed by atoms with Crippen molar-refractivity contribution in [2.45, 2.75) is 25.4 Å². The molecule has 1 saturated heterocycles. The molecule has 1 aromatic carbocycles. The summed E-state index contributed by atoms with van der Waals surface area (Å²) in [7, 11) is 3.58. The van der Waals surface area contributed by atoms with Gasteiger partial charge in [-0.05, 0) is 36.6 Å². The van der Waals surface area contributed by atoms with Crippen LogP contribution in [0.15, 0.2) is 41.7 Å². The molecule has 2 heterocycles. The van der Waals surface area contributed by atoms with E-state index in [1.807, 2.05) is 42.2 Å². The molecule has 2 unspecified atom stereocenters. The summed E-state index contributed by atoms with van der Waals surface area (Å²) in [4.78, 5) is 6.94. The van der Waals surface area contributed by atoms with Crippen molar-refractivity contribution in [2.75, 3.05) is 33.3 Å². The zero-order chi connectivity index (χ0) is 19.2. The lowest BCUT2D eigenvalue weighted by atomic mass is 10.0. The zero-order valence-electron chi connectivity index (χ0n) is 16.3. The van der Waals surface area contributed by atoms with Crippen LogP contribution in [0.3, 0.4) is 0 Å². The fourth-order valence-electron chi connectivity index (χ4n) is 3.41. The lowest BCUT2D eigenvalue weighted by molar-refractivity contribution is 0.186. The second-order valence-corrected chi connectivity index (χ2v) is 6.86. The molecule has 146 valence electrons. The number of aliphatic hydroxyl groups excluding tert-OH is 1. The normalized spacial score (nSPS) is 18.6. The fraction of sp³-hybridized carbons (Fsp3) is 0.500. The minimum Gasteiger partial charge on any atom is -0.497 e. The molecule has 7 nitrogen and oxygen atoms in total. The van der Waals surface area contributed by atoms with Gasteiger partial charge >= 0.3 is 0 Å². The Hall–Kier alpha value is -2.54. The Labute approximate surface area is 160 Å². The van der Waals surface area contributed by atoms with Crippen molar-refractivity contribution in [3.8, 4) is 5.75 Å². The van der Waals surface area contributed by atoms with Gasteiger partial charge in [-0.1, -0.05) is 12.1 Å². The summed E-state index contributed by atoms with van der Waals surface area (Å²) in [5.41, 5.74) is 2.11. The van der Waals surface area contributed by atoms with Gasteiger partial charge in [0.05, 0.1) is 26.0 Å². The summed E-state index contributed by atoms with van der Waals surface area (Å²) >= 11 is 0. The highest BCUT2D eigenvalue weighted by molar-refractivity contribution is 5.80. The van der Waals surface area contributed by atoms with E-state index in [4.69, 9.17) is 4.74 Å². The number of likely N-dealkylation sites (tertiary alicyclic amines) is 1. The van der Waals surface area contributed by atoms with Crippen LogP contribution in [0.25, 0.3) is 0 Å². The number of aliphatic imine (C=N–C) groups is 1. The summed E-state index contributed by atoms with van der Waals surface area (Å²) in [5, 5.41) is 18.1. The minimum absolute atomic E-state index is 0.322. The SMILES string of the molecule is CCNC(=NCC(O)c1ccc(OC)cc1)N1CCC(c2cnn(C)c2)C1. The predicted molar refractivity (Wildman–Crippen MR) is 106 cm³/mol. The lowest BCUT2D eigenvalue weighted by Gasteiger charge is -2.22. The number of nitrogens with one attached hydrogen (secondary N) is 1. The fourth-order valence-corrected chi connectivity index (χ4v) is 3.41. The van der Waals surface area contributed by atoms with Gasteiger partial charge in [-0.25, -0.2) is 0 Å². The highest BCUT2D eigenvalue weighted by Gasteiger charge is 2.27. The number of nitrogens with zero attached hydrogens (tertiary/aromatic N) is 4. The van der Waals surface area contributed by atoms with Crippen molar-refractivity contribution in [3.63, 3.8) is 0 Å². The highest BCUT2D eigenvalue weighted by atomic mass is 16.5. The van der Waals surface area contributed by atoms with E-state index >= 15 is 0 Å². The topological polar surface area (TPSA) is 74.9 Å². The third-order valence-electron chi connectivity index (χ3n) is 4.93. The van der Waals surface area contributed by atoms with Gasteiger partial charge in [0.2, 0.25) is 0 Å². The van der Waals surface area contributed by atoms with Gasteiger partial charge in [-0.2, -0.15) is 5.10 Å². The predicted octanol–water partition coefficient (Wildman–Crippen LogP) is 1.92. The van der Waals surface area contributed by atoms with Crippen LogP contribution in [0, 0.1) is 0 Å². The van der Waals surface area contributed by atoms with Crippen molar-refractivity contribution >= 4 is 5.96 Å². The maximum absolute atomic E-state index is 10.5. The molecule has 0 radical (unpaired) electrons. The first kappa shape index (κ1) is 19.2. The molecule has 27 heavy (non-hydrogen) atoms. The molecule has 1 fully saturated rings.